The van der Waals surface area contributed by atoms with Gasteiger partial charge in [0.05, 0.1) is 12.0 Å². The molecule has 0 amide bonds. The molecular formula is C23H19ClF3NO3. The highest BCUT2D eigenvalue weighted by atomic mass is 35.5. The van der Waals surface area contributed by atoms with Gasteiger partial charge in [-0.3, -0.25) is 4.79 Å². The number of allylic oxidation sites excluding steroid dienone is 2. The number of nitrogens with zero attached hydrogens (tertiary/aromatic N) is 1. The summed E-state index contributed by atoms with van der Waals surface area (Å²) in [6.45, 7) is 3.05. The topological polar surface area (TPSA) is 70.3 Å². The minimum atomic E-state index is -4.80. The van der Waals surface area contributed by atoms with Gasteiger partial charge in [0.25, 0.3) is 0 Å². The maximum atomic E-state index is 13.0. The van der Waals surface area contributed by atoms with Crippen molar-refractivity contribution in [2.24, 2.45) is 16.7 Å². The molecule has 0 saturated heterocycles. The van der Waals surface area contributed by atoms with Gasteiger partial charge in [-0.25, -0.2) is 0 Å². The number of carboxylic acids is 1. The highest BCUT2D eigenvalue weighted by Gasteiger charge is 2.78. The largest absolute Gasteiger partial charge is 0.481 e. The van der Waals surface area contributed by atoms with Crippen molar-refractivity contribution in [2.45, 2.75) is 25.9 Å². The lowest BCUT2D eigenvalue weighted by atomic mass is 9.78. The number of rotatable bonds is 6. The van der Waals surface area contributed by atoms with Gasteiger partial charge in [-0.05, 0) is 35.2 Å². The van der Waals surface area contributed by atoms with Crippen molar-refractivity contribution in [1.82, 2.24) is 0 Å². The first-order chi connectivity index (χ1) is 14.5. The van der Waals surface area contributed by atoms with Gasteiger partial charge < -0.3 is 9.84 Å². The van der Waals surface area contributed by atoms with Crippen LogP contribution < -0.4 is 4.74 Å². The smallest absolute Gasteiger partial charge is 0.426 e. The summed E-state index contributed by atoms with van der Waals surface area (Å²) < 4.78 is 44.7. The molecule has 2 unspecified atom stereocenters. The van der Waals surface area contributed by atoms with E-state index in [-0.39, 0.29) is 0 Å². The quantitative estimate of drug-likeness (QED) is 0.546. The number of benzene rings is 2. The van der Waals surface area contributed by atoms with Crippen LogP contribution in [0, 0.1) is 28.1 Å². The van der Waals surface area contributed by atoms with Gasteiger partial charge in [0.15, 0.2) is 0 Å². The molecule has 1 saturated carbocycles. The zero-order chi connectivity index (χ0) is 23.0. The fourth-order valence-corrected chi connectivity index (χ4v) is 4.45. The van der Waals surface area contributed by atoms with E-state index in [0.29, 0.717) is 23.1 Å². The number of halogens is 4. The zero-order valence-electron chi connectivity index (χ0n) is 16.7. The number of para-hydroxylation sites is 1. The van der Waals surface area contributed by atoms with E-state index in [1.807, 2.05) is 12.1 Å². The lowest BCUT2D eigenvalue weighted by Crippen LogP contribution is -2.29. The molecule has 1 fully saturated rings. The minimum absolute atomic E-state index is 0.338. The molecule has 2 aromatic carbocycles. The summed E-state index contributed by atoms with van der Waals surface area (Å²) in [6, 6.07) is 17.2. The first-order valence-electron chi connectivity index (χ1n) is 9.36. The summed E-state index contributed by atoms with van der Waals surface area (Å²) in [5.74, 6) is -2.74. The predicted molar refractivity (Wildman–Crippen MR) is 109 cm³/mol. The molecule has 162 valence electrons. The molecule has 0 aliphatic heterocycles. The van der Waals surface area contributed by atoms with Gasteiger partial charge in [0.1, 0.15) is 21.9 Å². The highest BCUT2D eigenvalue weighted by molar-refractivity contribution is 6.30. The lowest BCUT2D eigenvalue weighted by molar-refractivity contribution is -0.145. The number of alkyl halides is 3. The van der Waals surface area contributed by atoms with Crippen LogP contribution in [0.4, 0.5) is 13.2 Å². The van der Waals surface area contributed by atoms with E-state index < -0.39 is 39.8 Å². The van der Waals surface area contributed by atoms with Crippen LogP contribution in [-0.4, -0.2) is 17.3 Å². The molecule has 1 aliphatic carbocycles. The fourth-order valence-electron chi connectivity index (χ4n) is 4.32. The van der Waals surface area contributed by atoms with Crippen molar-refractivity contribution >= 4 is 17.6 Å². The highest BCUT2D eigenvalue weighted by Crippen LogP contribution is 2.75. The standard InChI is InChI=1S/C23H19ClF3NO3/c1-21(2)18(12-19(24)23(25,26)27)22(21,20(29)30)17(13-28)14-7-6-10-16(11-14)31-15-8-4-3-5-9-15/h3-12,17-18H,1-2H3,(H,29,30)/b19-12-/t17?,18?,22-/m1/s1. The van der Waals surface area contributed by atoms with E-state index in [1.54, 1.807) is 42.5 Å². The van der Waals surface area contributed by atoms with Crippen LogP contribution in [-0.2, 0) is 4.79 Å². The van der Waals surface area contributed by atoms with Crippen LogP contribution in [0.15, 0.2) is 65.7 Å². The fraction of sp³-hybridized carbons (Fsp3) is 0.304. The molecule has 3 atom stereocenters. The van der Waals surface area contributed by atoms with Crippen LogP contribution in [0.3, 0.4) is 0 Å². The van der Waals surface area contributed by atoms with Crippen molar-refractivity contribution in [3.63, 3.8) is 0 Å². The second-order valence-electron chi connectivity index (χ2n) is 7.94. The molecule has 3 rings (SSSR count). The monoisotopic (exact) mass is 449 g/mol. The summed E-state index contributed by atoms with van der Waals surface area (Å²) in [5.41, 5.74) is -2.58. The Kier molecular flexibility index (Phi) is 5.81. The molecule has 31 heavy (non-hydrogen) atoms. The van der Waals surface area contributed by atoms with Gasteiger partial charge in [0, 0.05) is 5.92 Å². The van der Waals surface area contributed by atoms with Gasteiger partial charge in [-0.15, -0.1) is 0 Å². The summed E-state index contributed by atoms with van der Waals surface area (Å²) in [5, 5.41) is 18.6. The number of hydrogen-bond acceptors (Lipinski definition) is 3. The molecule has 0 heterocycles. The van der Waals surface area contributed by atoms with Crippen molar-refractivity contribution in [3.05, 3.63) is 71.3 Å². The number of hydrogen-bond donors (Lipinski definition) is 1. The Morgan fingerprint density at radius 1 is 1.19 bits per heavy atom. The molecule has 0 aromatic heterocycles. The van der Waals surface area contributed by atoms with Crippen molar-refractivity contribution < 1.29 is 27.8 Å². The molecule has 0 spiro atoms. The van der Waals surface area contributed by atoms with Crippen molar-refractivity contribution in [3.8, 4) is 17.6 Å². The third-order valence-electron chi connectivity index (χ3n) is 5.94. The Labute approximate surface area is 182 Å². The normalized spacial score (nSPS) is 23.5. The number of nitriles is 1. The van der Waals surface area contributed by atoms with Crippen LogP contribution in [0.5, 0.6) is 11.5 Å². The van der Waals surface area contributed by atoms with Crippen LogP contribution in [0.2, 0.25) is 0 Å². The molecular weight excluding hydrogens is 431 g/mol. The first kappa shape index (κ1) is 22.7. The Bertz CT molecular complexity index is 1060. The summed E-state index contributed by atoms with van der Waals surface area (Å²) in [7, 11) is 0. The average Bonchev–Trinajstić information content (AvgIpc) is 3.18. The minimum Gasteiger partial charge on any atom is -0.481 e. The predicted octanol–water partition coefficient (Wildman–Crippen LogP) is 6.50. The van der Waals surface area contributed by atoms with Crippen LogP contribution in [0.25, 0.3) is 0 Å². The third-order valence-corrected chi connectivity index (χ3v) is 6.28. The summed E-state index contributed by atoms with van der Waals surface area (Å²) >= 11 is 5.40. The van der Waals surface area contributed by atoms with E-state index >= 15 is 0 Å². The summed E-state index contributed by atoms with van der Waals surface area (Å²) in [4.78, 5) is 12.4. The molecule has 4 nitrogen and oxygen atoms in total. The lowest BCUT2D eigenvalue weighted by Gasteiger charge is -2.22. The van der Waals surface area contributed by atoms with Crippen LogP contribution in [0.1, 0.15) is 25.3 Å². The van der Waals surface area contributed by atoms with E-state index in [4.69, 9.17) is 16.3 Å². The van der Waals surface area contributed by atoms with Crippen molar-refractivity contribution in [1.29, 1.82) is 5.26 Å². The molecule has 0 bridgehead atoms. The number of ether oxygens (including phenoxy) is 1. The summed E-state index contributed by atoms with van der Waals surface area (Å²) in [6.07, 6.45) is -4.08. The van der Waals surface area contributed by atoms with E-state index in [2.05, 4.69) is 0 Å². The molecule has 0 radical (unpaired) electrons. The molecule has 1 N–H and O–H groups in total. The molecule has 8 heteroatoms. The van der Waals surface area contributed by atoms with Gasteiger partial charge in [-0.2, -0.15) is 18.4 Å². The zero-order valence-corrected chi connectivity index (χ0v) is 17.4. The Balaban J connectivity index is 2.03. The van der Waals surface area contributed by atoms with Crippen molar-refractivity contribution in [2.75, 3.05) is 0 Å². The second kappa shape index (κ2) is 7.93. The number of carbonyl (C=O) groups is 1. The number of carboxylic acid groups (broad SMARTS) is 1. The van der Waals surface area contributed by atoms with E-state index in [0.717, 1.165) is 0 Å². The first-order valence-corrected chi connectivity index (χ1v) is 9.74. The maximum absolute atomic E-state index is 13.0. The SMILES string of the molecule is CC1(C)C(/C=C(\Cl)C(F)(F)F)[C@@]1(C(=O)O)C(C#N)c1cccc(Oc2ccccc2)c1. The Hall–Kier alpha value is -2.98. The van der Waals surface area contributed by atoms with Crippen LogP contribution >= 0.6 is 11.6 Å². The maximum Gasteiger partial charge on any atom is 0.426 e. The van der Waals surface area contributed by atoms with Gasteiger partial charge >= 0.3 is 12.1 Å². The van der Waals surface area contributed by atoms with Gasteiger partial charge in [-0.1, -0.05) is 61.9 Å². The molecule has 1 aliphatic rings. The van der Waals surface area contributed by atoms with E-state index in [1.165, 1.54) is 19.9 Å². The number of aliphatic carboxylic acids is 1. The van der Waals surface area contributed by atoms with E-state index in [9.17, 15) is 28.3 Å². The molecule has 2 aromatic rings. The second-order valence-corrected chi connectivity index (χ2v) is 8.34. The Morgan fingerprint density at radius 2 is 1.81 bits per heavy atom. The average molecular weight is 450 g/mol. The third kappa shape index (κ3) is 3.88. The van der Waals surface area contributed by atoms with Gasteiger partial charge in [0.2, 0.25) is 0 Å². The Morgan fingerprint density at radius 3 is 2.35 bits per heavy atom.